The van der Waals surface area contributed by atoms with E-state index in [-0.39, 0.29) is 29.9 Å². The third-order valence-electron chi connectivity index (χ3n) is 2.99. The van der Waals surface area contributed by atoms with Gasteiger partial charge in [0, 0.05) is 12.6 Å². The topological polar surface area (TPSA) is 63.7 Å². The molecule has 6 heteroatoms. The number of sulfonamides is 1. The van der Waals surface area contributed by atoms with Crippen LogP contribution in [0.5, 0.6) is 0 Å². The van der Waals surface area contributed by atoms with Crippen LogP contribution in [0.3, 0.4) is 0 Å². The first-order valence-corrected chi connectivity index (χ1v) is 8.05. The Balaban J connectivity index is 3.03. The molecule has 1 aromatic carbocycles. The second-order valence-corrected chi connectivity index (χ2v) is 6.74. The Morgan fingerprint density at radius 3 is 2.33 bits per heavy atom. The van der Waals surface area contributed by atoms with Crippen molar-refractivity contribution < 1.29 is 17.9 Å². The summed E-state index contributed by atoms with van der Waals surface area (Å²) in [6.45, 7) is 7.47. The summed E-state index contributed by atoms with van der Waals surface area (Å²) in [6.07, 6.45) is 1.68. The van der Waals surface area contributed by atoms with E-state index < -0.39 is 10.0 Å². The van der Waals surface area contributed by atoms with Gasteiger partial charge >= 0.3 is 5.97 Å². The molecule has 0 aromatic heterocycles. The molecule has 0 radical (unpaired) electrons. The van der Waals surface area contributed by atoms with Crippen LogP contribution in [0.15, 0.2) is 41.8 Å². The number of methoxy groups -OCH3 is 1. The van der Waals surface area contributed by atoms with E-state index in [9.17, 15) is 13.2 Å². The molecule has 116 valence electrons. The predicted octanol–water partition coefficient (Wildman–Crippen LogP) is 1.99. The average molecular weight is 311 g/mol. The van der Waals surface area contributed by atoms with Crippen molar-refractivity contribution in [3.8, 4) is 0 Å². The van der Waals surface area contributed by atoms with Gasteiger partial charge in [0.05, 0.1) is 18.4 Å². The summed E-state index contributed by atoms with van der Waals surface area (Å²) in [7, 11) is -2.25. The van der Waals surface area contributed by atoms with Crippen molar-refractivity contribution in [2.75, 3.05) is 13.7 Å². The van der Waals surface area contributed by atoms with E-state index in [1.54, 1.807) is 18.2 Å². The molecule has 1 rings (SSSR count). The molecule has 1 aromatic rings. The van der Waals surface area contributed by atoms with Gasteiger partial charge in [0.2, 0.25) is 10.0 Å². The molecule has 0 unspecified atom stereocenters. The van der Waals surface area contributed by atoms with Gasteiger partial charge < -0.3 is 4.74 Å². The van der Waals surface area contributed by atoms with E-state index in [1.807, 2.05) is 13.8 Å². The molecule has 5 nitrogen and oxygen atoms in total. The van der Waals surface area contributed by atoms with Crippen LogP contribution >= 0.6 is 0 Å². The van der Waals surface area contributed by atoms with Crippen LogP contribution in [-0.2, 0) is 26.0 Å². The molecule has 0 amide bonds. The highest BCUT2D eigenvalue weighted by Gasteiger charge is 2.25. The molecular weight excluding hydrogens is 290 g/mol. The first kappa shape index (κ1) is 17.4. The second-order valence-electron chi connectivity index (χ2n) is 4.85. The highest BCUT2D eigenvalue weighted by Crippen LogP contribution is 2.19. The number of carbonyl (C=O) groups excluding carboxylic acids is 1. The van der Waals surface area contributed by atoms with Crippen LogP contribution in [0.4, 0.5) is 0 Å². The third kappa shape index (κ3) is 4.41. The monoisotopic (exact) mass is 311 g/mol. The van der Waals surface area contributed by atoms with Gasteiger partial charge in [-0.3, -0.25) is 4.79 Å². The molecular formula is C15H21NO4S. The summed E-state index contributed by atoms with van der Waals surface area (Å²) in [5.41, 5.74) is 0.709. The number of benzene rings is 1. The zero-order valence-corrected chi connectivity index (χ0v) is 13.4. The summed E-state index contributed by atoms with van der Waals surface area (Å²) in [5.74, 6) is -0.360. The summed E-state index contributed by atoms with van der Waals surface area (Å²) in [4.78, 5) is 11.4. The fraction of sp³-hybridized carbons (Fsp3) is 0.400. The third-order valence-corrected chi connectivity index (χ3v) is 5.05. The van der Waals surface area contributed by atoms with Gasteiger partial charge in [0.25, 0.3) is 0 Å². The predicted molar refractivity (Wildman–Crippen MR) is 81.4 cm³/mol. The second kappa shape index (κ2) is 7.38. The number of nitrogens with zero attached hydrogens (tertiary/aromatic N) is 1. The van der Waals surface area contributed by atoms with Crippen LogP contribution in [0, 0.1) is 0 Å². The molecule has 0 aliphatic carbocycles. The Kier molecular flexibility index (Phi) is 6.11. The fourth-order valence-corrected chi connectivity index (χ4v) is 3.47. The zero-order chi connectivity index (χ0) is 16.0. The zero-order valence-electron chi connectivity index (χ0n) is 12.6. The van der Waals surface area contributed by atoms with E-state index in [2.05, 4.69) is 11.3 Å². The molecule has 0 fully saturated rings. The van der Waals surface area contributed by atoms with Crippen LogP contribution in [0.1, 0.15) is 19.4 Å². The average Bonchev–Trinajstić information content (AvgIpc) is 2.44. The van der Waals surface area contributed by atoms with Gasteiger partial charge in [-0.05, 0) is 31.5 Å². The molecule has 0 saturated carbocycles. The molecule has 0 atom stereocenters. The largest absolute Gasteiger partial charge is 0.469 e. The lowest BCUT2D eigenvalue weighted by molar-refractivity contribution is -0.139. The maximum Gasteiger partial charge on any atom is 0.309 e. The van der Waals surface area contributed by atoms with Crippen molar-refractivity contribution in [2.45, 2.75) is 31.2 Å². The van der Waals surface area contributed by atoms with Crippen LogP contribution in [-0.4, -0.2) is 38.4 Å². The van der Waals surface area contributed by atoms with E-state index >= 15 is 0 Å². The van der Waals surface area contributed by atoms with Crippen molar-refractivity contribution in [3.05, 3.63) is 42.5 Å². The normalized spacial score (nSPS) is 11.7. The fourth-order valence-electron chi connectivity index (χ4n) is 1.87. The van der Waals surface area contributed by atoms with Crippen LogP contribution in [0.25, 0.3) is 0 Å². The van der Waals surface area contributed by atoms with Crippen molar-refractivity contribution in [1.29, 1.82) is 0 Å². The standard InChI is InChI=1S/C15H21NO4S/c1-5-10-16(12(2)3)21(18,19)14-8-6-13(7-9-14)11-15(17)20-4/h5-9,12H,1,10-11H2,2-4H3. The van der Waals surface area contributed by atoms with Crippen molar-refractivity contribution >= 4 is 16.0 Å². The molecule has 0 saturated heterocycles. The Labute approximate surface area is 126 Å². The molecule has 0 spiro atoms. The van der Waals surface area contributed by atoms with Crippen molar-refractivity contribution in [1.82, 2.24) is 4.31 Å². The van der Waals surface area contributed by atoms with Crippen molar-refractivity contribution in [3.63, 3.8) is 0 Å². The minimum Gasteiger partial charge on any atom is -0.469 e. The lowest BCUT2D eigenvalue weighted by Gasteiger charge is -2.24. The number of hydrogen-bond donors (Lipinski definition) is 0. The summed E-state index contributed by atoms with van der Waals surface area (Å²) >= 11 is 0. The van der Waals surface area contributed by atoms with E-state index in [0.717, 1.165) is 0 Å². The van der Waals surface area contributed by atoms with E-state index in [4.69, 9.17) is 0 Å². The lowest BCUT2D eigenvalue weighted by Crippen LogP contribution is -2.37. The smallest absolute Gasteiger partial charge is 0.309 e. The first-order chi connectivity index (χ1) is 9.82. The molecule has 0 bridgehead atoms. The summed E-state index contributed by atoms with van der Waals surface area (Å²) in [6, 6.07) is 6.09. The van der Waals surface area contributed by atoms with Gasteiger partial charge in [0.1, 0.15) is 0 Å². The molecule has 0 aliphatic heterocycles. The number of carbonyl (C=O) groups is 1. The maximum absolute atomic E-state index is 12.5. The number of esters is 1. The first-order valence-electron chi connectivity index (χ1n) is 6.61. The van der Waals surface area contributed by atoms with Gasteiger partial charge in [-0.15, -0.1) is 6.58 Å². The van der Waals surface area contributed by atoms with Gasteiger partial charge in [-0.2, -0.15) is 4.31 Å². The lowest BCUT2D eigenvalue weighted by atomic mass is 10.2. The van der Waals surface area contributed by atoms with Gasteiger partial charge in [0.15, 0.2) is 0 Å². The maximum atomic E-state index is 12.5. The minimum absolute atomic E-state index is 0.122. The Hall–Kier alpha value is -1.66. The SMILES string of the molecule is C=CCN(C(C)C)S(=O)(=O)c1ccc(CC(=O)OC)cc1. The number of rotatable bonds is 7. The molecule has 0 heterocycles. The van der Waals surface area contributed by atoms with Crippen LogP contribution in [0.2, 0.25) is 0 Å². The van der Waals surface area contributed by atoms with E-state index in [1.165, 1.54) is 23.5 Å². The van der Waals surface area contributed by atoms with E-state index in [0.29, 0.717) is 5.56 Å². The number of ether oxygens (including phenoxy) is 1. The van der Waals surface area contributed by atoms with Gasteiger partial charge in [-0.25, -0.2) is 8.42 Å². The number of hydrogen-bond acceptors (Lipinski definition) is 4. The highest BCUT2D eigenvalue weighted by atomic mass is 32.2. The van der Waals surface area contributed by atoms with Crippen molar-refractivity contribution in [2.24, 2.45) is 0 Å². The summed E-state index contributed by atoms with van der Waals surface area (Å²) in [5, 5.41) is 0. The van der Waals surface area contributed by atoms with Gasteiger partial charge in [-0.1, -0.05) is 18.2 Å². The molecule has 21 heavy (non-hydrogen) atoms. The Morgan fingerprint density at radius 2 is 1.90 bits per heavy atom. The highest BCUT2D eigenvalue weighted by molar-refractivity contribution is 7.89. The van der Waals surface area contributed by atoms with Crippen LogP contribution < -0.4 is 0 Å². The summed E-state index contributed by atoms with van der Waals surface area (Å²) < 4.78 is 31.0. The Morgan fingerprint density at radius 1 is 1.33 bits per heavy atom. The Bertz CT molecular complexity index is 591. The minimum atomic E-state index is -3.57. The molecule has 0 N–H and O–H groups in total. The quantitative estimate of drug-likeness (QED) is 0.570. The molecule has 0 aliphatic rings.